The molecule has 6 rings (SSSR count). The summed E-state index contributed by atoms with van der Waals surface area (Å²) in [7, 11) is 2.83. The molecule has 0 spiro atoms. The van der Waals surface area contributed by atoms with E-state index in [1.165, 1.54) is 40.6 Å². The van der Waals surface area contributed by atoms with Gasteiger partial charge in [-0.05, 0) is 87.9 Å². The van der Waals surface area contributed by atoms with Gasteiger partial charge in [0, 0.05) is 26.9 Å². The van der Waals surface area contributed by atoms with E-state index in [-0.39, 0.29) is 11.1 Å². The van der Waals surface area contributed by atoms with Crippen molar-refractivity contribution in [2.45, 2.75) is 52.5 Å². The van der Waals surface area contributed by atoms with Crippen molar-refractivity contribution in [1.82, 2.24) is 9.13 Å². The first-order chi connectivity index (χ1) is 20.7. The zero-order chi connectivity index (χ0) is 30.6. The number of fused-ring (bicyclic) bond motifs is 2. The number of methoxy groups -OCH3 is 2. The summed E-state index contributed by atoms with van der Waals surface area (Å²) in [6.45, 7) is 5.76. The Morgan fingerprint density at radius 1 is 1.16 bits per heavy atom. The highest BCUT2D eigenvalue weighted by atomic mass is 35.5. The number of benzene rings is 1. The fourth-order valence-electron chi connectivity index (χ4n) is 6.12. The predicted octanol–water partition coefficient (Wildman–Crippen LogP) is 5.29. The fourth-order valence-corrected chi connectivity index (χ4v) is 8.79. The normalized spacial score (nSPS) is 16.4. The first kappa shape index (κ1) is 29.2. The zero-order valence-corrected chi connectivity index (χ0v) is 26.8. The number of halogens is 1. The number of hydrogen-bond acceptors (Lipinski definition) is 8. The minimum atomic E-state index is -0.845. The Morgan fingerprint density at radius 3 is 2.65 bits per heavy atom. The first-order valence-electron chi connectivity index (χ1n) is 13.9. The van der Waals surface area contributed by atoms with E-state index < -0.39 is 12.0 Å². The number of nitrogens with zero attached hydrogens (tertiary/aromatic N) is 4. The van der Waals surface area contributed by atoms with Gasteiger partial charge in [0.1, 0.15) is 22.9 Å². The monoisotopic (exact) mass is 632 g/mol. The third-order valence-corrected chi connectivity index (χ3v) is 10.6. The van der Waals surface area contributed by atoms with Gasteiger partial charge in [-0.15, -0.1) is 11.3 Å². The average molecular weight is 633 g/mol. The summed E-state index contributed by atoms with van der Waals surface area (Å²) in [6, 6.07) is 8.77. The summed E-state index contributed by atoms with van der Waals surface area (Å²) < 4.78 is 14.9. The maximum atomic E-state index is 14.1. The molecule has 0 amide bonds. The van der Waals surface area contributed by atoms with Crippen LogP contribution in [0.4, 0.5) is 0 Å². The van der Waals surface area contributed by atoms with Crippen molar-refractivity contribution in [2.24, 2.45) is 4.99 Å². The van der Waals surface area contributed by atoms with Gasteiger partial charge in [0.05, 0.1) is 35.6 Å². The Kier molecular flexibility index (Phi) is 7.67. The van der Waals surface area contributed by atoms with Crippen molar-refractivity contribution in [2.75, 3.05) is 14.2 Å². The molecule has 220 valence electrons. The predicted molar refractivity (Wildman–Crippen MR) is 168 cm³/mol. The molecular weight excluding hydrogens is 604 g/mol. The number of ether oxygens (including phenoxy) is 2. The molecule has 1 aromatic carbocycles. The van der Waals surface area contributed by atoms with Crippen LogP contribution in [0.25, 0.3) is 11.1 Å². The summed E-state index contributed by atoms with van der Waals surface area (Å²) in [5, 5.41) is 11.5. The second-order valence-electron chi connectivity index (χ2n) is 10.6. The molecule has 43 heavy (non-hydrogen) atoms. The number of esters is 1. The van der Waals surface area contributed by atoms with Crippen LogP contribution in [0.5, 0.6) is 5.75 Å². The Balaban J connectivity index is 1.54. The molecule has 11 heteroatoms. The van der Waals surface area contributed by atoms with Crippen molar-refractivity contribution >= 4 is 46.3 Å². The summed E-state index contributed by atoms with van der Waals surface area (Å²) in [5.41, 5.74) is 5.70. The number of aromatic nitrogens is 2. The standard InChI is InChI=1S/C32H29ClN4O4S2/c1-16-12-19(18(3)36(16)30-23(15-34)21-8-6-7-9-25(21)42-30)13-26-29(38)37-28(22-14-20(33)10-11-24(22)40-4)27(31(39)41-5)17(2)35-32(37)43-26/h10-14,28H,6-9H2,1-5H3/b26-13-/t28-/m0/s1. The third-order valence-electron chi connectivity index (χ3n) is 8.14. The van der Waals surface area contributed by atoms with Crippen molar-refractivity contribution in [3.8, 4) is 16.8 Å². The summed E-state index contributed by atoms with van der Waals surface area (Å²) in [6.07, 6.45) is 6.06. The van der Waals surface area contributed by atoms with Gasteiger partial charge in [-0.25, -0.2) is 9.79 Å². The molecule has 0 unspecified atom stereocenters. The molecule has 4 aromatic rings. The lowest BCUT2D eigenvalue weighted by atomic mass is 9.95. The molecule has 0 saturated carbocycles. The molecule has 1 atom stereocenters. The number of hydrogen-bond donors (Lipinski definition) is 0. The van der Waals surface area contributed by atoms with Crippen LogP contribution in [0, 0.1) is 25.2 Å². The van der Waals surface area contributed by atoms with Crippen LogP contribution in [0.3, 0.4) is 0 Å². The van der Waals surface area contributed by atoms with Crippen LogP contribution >= 0.6 is 34.3 Å². The number of carbonyl (C=O) groups excluding carboxylic acids is 1. The summed E-state index contributed by atoms with van der Waals surface area (Å²) in [4.78, 5) is 33.6. The number of allylic oxidation sites excluding steroid dienone is 1. The number of thiazole rings is 1. The maximum Gasteiger partial charge on any atom is 0.338 e. The highest BCUT2D eigenvalue weighted by Gasteiger charge is 2.35. The van der Waals surface area contributed by atoms with E-state index >= 15 is 0 Å². The molecule has 2 aliphatic rings. The number of aryl methyl sites for hydroxylation is 2. The smallest absolute Gasteiger partial charge is 0.338 e. The van der Waals surface area contributed by atoms with Crippen molar-refractivity contribution in [1.29, 1.82) is 5.26 Å². The zero-order valence-electron chi connectivity index (χ0n) is 24.4. The molecule has 0 radical (unpaired) electrons. The minimum absolute atomic E-state index is 0.242. The summed E-state index contributed by atoms with van der Waals surface area (Å²) >= 11 is 9.34. The second-order valence-corrected chi connectivity index (χ2v) is 13.2. The second kappa shape index (κ2) is 11.3. The molecule has 3 aromatic heterocycles. The van der Waals surface area contributed by atoms with Gasteiger partial charge in [0.25, 0.3) is 5.56 Å². The van der Waals surface area contributed by atoms with Gasteiger partial charge in [0.15, 0.2) is 4.80 Å². The topological polar surface area (TPSA) is 98.6 Å². The highest BCUT2D eigenvalue weighted by molar-refractivity contribution is 7.15. The van der Waals surface area contributed by atoms with Crippen molar-refractivity contribution in [3.63, 3.8) is 0 Å². The van der Waals surface area contributed by atoms with Gasteiger partial charge >= 0.3 is 5.97 Å². The average Bonchev–Trinajstić information content (AvgIpc) is 3.61. The molecule has 1 aliphatic carbocycles. The molecule has 1 aliphatic heterocycles. The Hall–Kier alpha value is -3.91. The largest absolute Gasteiger partial charge is 0.496 e. The maximum absolute atomic E-state index is 14.1. The Bertz CT molecular complexity index is 2070. The Morgan fingerprint density at radius 2 is 1.93 bits per heavy atom. The number of thiophene rings is 1. The van der Waals surface area contributed by atoms with Gasteiger partial charge in [-0.3, -0.25) is 9.36 Å². The lowest BCUT2D eigenvalue weighted by Crippen LogP contribution is -2.40. The molecular formula is C32H29ClN4O4S2. The van der Waals surface area contributed by atoms with Gasteiger partial charge < -0.3 is 14.0 Å². The van der Waals surface area contributed by atoms with Crippen LogP contribution in [-0.4, -0.2) is 29.3 Å². The van der Waals surface area contributed by atoms with Crippen LogP contribution in [-0.2, 0) is 22.4 Å². The number of carbonyl (C=O) groups is 1. The van der Waals surface area contributed by atoms with E-state index in [0.717, 1.165) is 53.2 Å². The van der Waals surface area contributed by atoms with E-state index in [1.807, 2.05) is 26.0 Å². The molecule has 8 nitrogen and oxygen atoms in total. The van der Waals surface area contributed by atoms with Crippen LogP contribution in [0.15, 0.2) is 45.3 Å². The van der Waals surface area contributed by atoms with Crippen molar-refractivity contribution in [3.05, 3.63) is 98.8 Å². The van der Waals surface area contributed by atoms with Crippen molar-refractivity contribution < 1.29 is 14.3 Å². The quantitative estimate of drug-likeness (QED) is 0.279. The third kappa shape index (κ3) is 4.76. The highest BCUT2D eigenvalue weighted by Crippen LogP contribution is 2.39. The first-order valence-corrected chi connectivity index (χ1v) is 15.9. The van der Waals surface area contributed by atoms with Gasteiger partial charge in [-0.2, -0.15) is 5.26 Å². The summed E-state index contributed by atoms with van der Waals surface area (Å²) in [5.74, 6) is -0.103. The van der Waals surface area contributed by atoms with Crippen LogP contribution in [0.1, 0.15) is 64.3 Å². The van der Waals surface area contributed by atoms with Crippen LogP contribution < -0.4 is 19.6 Å². The number of rotatable bonds is 5. The van der Waals surface area contributed by atoms with E-state index in [1.54, 1.807) is 36.5 Å². The van der Waals surface area contributed by atoms with E-state index in [4.69, 9.17) is 21.1 Å². The SMILES string of the molecule is COC(=O)C1=C(C)N=c2s/c(=C\c3cc(C)n(-c4sc5c(c4C#N)CCCC5)c3C)c(=O)n2[C@H]1c1cc(Cl)ccc1OC. The van der Waals surface area contributed by atoms with E-state index in [0.29, 0.717) is 31.4 Å². The van der Waals surface area contributed by atoms with E-state index in [2.05, 4.69) is 15.6 Å². The molecule has 4 heterocycles. The molecule has 0 saturated heterocycles. The fraction of sp³-hybridized carbons (Fsp3) is 0.312. The number of nitriles is 1. The lowest BCUT2D eigenvalue weighted by molar-refractivity contribution is -0.136. The Labute approximate surface area is 261 Å². The molecule has 0 fully saturated rings. The van der Waals surface area contributed by atoms with Crippen LogP contribution in [0.2, 0.25) is 5.02 Å². The lowest BCUT2D eigenvalue weighted by Gasteiger charge is -2.25. The minimum Gasteiger partial charge on any atom is -0.496 e. The van der Waals surface area contributed by atoms with E-state index in [9.17, 15) is 14.9 Å². The molecule has 0 N–H and O–H groups in total. The van der Waals surface area contributed by atoms with Gasteiger partial charge in [-0.1, -0.05) is 22.9 Å². The van der Waals surface area contributed by atoms with Gasteiger partial charge in [0.2, 0.25) is 0 Å². The molecule has 0 bridgehead atoms.